The van der Waals surface area contributed by atoms with Crippen molar-refractivity contribution in [2.75, 3.05) is 19.8 Å². The van der Waals surface area contributed by atoms with Gasteiger partial charge < -0.3 is 19.3 Å². The zero-order valence-electron chi connectivity index (χ0n) is 14.5. The van der Waals surface area contributed by atoms with Gasteiger partial charge in [-0.3, -0.25) is 0 Å². The van der Waals surface area contributed by atoms with Crippen molar-refractivity contribution in [2.24, 2.45) is 5.73 Å². The molecule has 126 valence electrons. The van der Waals surface area contributed by atoms with E-state index in [2.05, 4.69) is 27.7 Å². The lowest BCUT2D eigenvalue weighted by molar-refractivity contribution is -0.0587. The monoisotopic (exact) mass is 317 g/mol. The van der Waals surface area contributed by atoms with Gasteiger partial charge in [-0.15, -0.1) is 0 Å². The molecule has 0 aromatic carbocycles. The Kier molecular flexibility index (Phi) is 8.42. The number of hydrogen-bond donors (Lipinski definition) is 1. The molecule has 1 rings (SSSR count). The molecular formula is C16H35NO3Si. The van der Waals surface area contributed by atoms with Gasteiger partial charge in [0.05, 0.1) is 0 Å². The molecule has 0 aliphatic carbocycles. The van der Waals surface area contributed by atoms with Crippen LogP contribution in [0.15, 0.2) is 0 Å². The molecule has 1 aliphatic heterocycles. The fourth-order valence-corrected chi connectivity index (χ4v) is 7.92. The normalized spacial score (nSPS) is 26.7. The lowest BCUT2D eigenvalue weighted by Crippen LogP contribution is -2.72. The Morgan fingerprint density at radius 1 is 1.00 bits per heavy atom. The molecule has 1 aliphatic rings. The van der Waals surface area contributed by atoms with Gasteiger partial charge in [0, 0.05) is 25.9 Å². The summed E-state index contributed by atoms with van der Waals surface area (Å²) in [4.78, 5) is 0. The standard InChI is InChI=1S/C16H35NO3Si/c1-5-11-18-16(15(4)17)10-8-9-14-21(16,19-12-6-2)20-13-7-3/h15H,5-14,17H2,1-4H3. The Hall–Kier alpha value is 0.0569. The zero-order valence-corrected chi connectivity index (χ0v) is 15.5. The van der Waals surface area contributed by atoms with E-state index in [4.69, 9.17) is 19.3 Å². The maximum Gasteiger partial charge on any atom is 0.372 e. The van der Waals surface area contributed by atoms with Crippen molar-refractivity contribution < 1.29 is 13.6 Å². The topological polar surface area (TPSA) is 53.7 Å². The van der Waals surface area contributed by atoms with Crippen molar-refractivity contribution >= 4 is 8.56 Å². The molecule has 2 atom stereocenters. The van der Waals surface area contributed by atoms with Crippen molar-refractivity contribution in [3.8, 4) is 0 Å². The van der Waals surface area contributed by atoms with Crippen molar-refractivity contribution in [3.63, 3.8) is 0 Å². The van der Waals surface area contributed by atoms with Gasteiger partial charge in [0.15, 0.2) is 0 Å². The summed E-state index contributed by atoms with van der Waals surface area (Å²) in [7, 11) is -2.45. The summed E-state index contributed by atoms with van der Waals surface area (Å²) in [6.45, 7) is 10.7. The number of nitrogens with two attached hydrogens (primary N) is 1. The van der Waals surface area contributed by atoms with Crippen LogP contribution in [0.3, 0.4) is 0 Å². The van der Waals surface area contributed by atoms with Crippen molar-refractivity contribution in [3.05, 3.63) is 0 Å². The fourth-order valence-electron chi connectivity index (χ4n) is 3.28. The van der Waals surface area contributed by atoms with Gasteiger partial charge in [-0.2, -0.15) is 0 Å². The summed E-state index contributed by atoms with van der Waals surface area (Å²) in [6, 6.07) is 0.961. The maximum atomic E-state index is 6.41. The van der Waals surface area contributed by atoms with E-state index in [1.54, 1.807) is 0 Å². The van der Waals surface area contributed by atoms with E-state index >= 15 is 0 Å². The van der Waals surface area contributed by atoms with Gasteiger partial charge in [-0.05, 0) is 38.7 Å². The zero-order chi connectivity index (χ0) is 15.8. The molecular weight excluding hydrogens is 282 g/mol. The Labute approximate surface area is 132 Å². The van der Waals surface area contributed by atoms with Gasteiger partial charge in [0.1, 0.15) is 5.22 Å². The summed E-state index contributed by atoms with van der Waals surface area (Å²) in [5.41, 5.74) is 6.41. The fraction of sp³-hybridized carbons (Fsp3) is 1.00. The van der Waals surface area contributed by atoms with E-state index in [-0.39, 0.29) is 11.3 Å². The van der Waals surface area contributed by atoms with Crippen LogP contribution in [0.2, 0.25) is 6.04 Å². The van der Waals surface area contributed by atoms with Crippen LogP contribution in [0.4, 0.5) is 0 Å². The van der Waals surface area contributed by atoms with Crippen LogP contribution < -0.4 is 5.73 Å². The van der Waals surface area contributed by atoms with Gasteiger partial charge in [-0.1, -0.05) is 33.6 Å². The second-order valence-corrected chi connectivity index (χ2v) is 9.61. The summed E-state index contributed by atoms with van der Waals surface area (Å²) >= 11 is 0. The quantitative estimate of drug-likeness (QED) is 0.626. The van der Waals surface area contributed by atoms with E-state index in [0.29, 0.717) is 0 Å². The third-order valence-corrected chi connectivity index (χ3v) is 8.82. The number of ether oxygens (including phenoxy) is 1. The Bertz CT molecular complexity index is 281. The van der Waals surface area contributed by atoms with Gasteiger partial charge in [0.2, 0.25) is 0 Å². The van der Waals surface area contributed by atoms with Crippen molar-refractivity contribution in [1.29, 1.82) is 0 Å². The van der Waals surface area contributed by atoms with Crippen molar-refractivity contribution in [1.82, 2.24) is 0 Å². The molecule has 0 radical (unpaired) electrons. The highest BCUT2D eigenvalue weighted by molar-refractivity contribution is 6.71. The van der Waals surface area contributed by atoms with Crippen LogP contribution in [0.1, 0.15) is 66.2 Å². The molecule has 0 amide bonds. The molecule has 2 N–H and O–H groups in total. The predicted octanol–water partition coefficient (Wildman–Crippen LogP) is 3.52. The molecule has 0 aromatic rings. The Morgan fingerprint density at radius 3 is 2.05 bits per heavy atom. The highest BCUT2D eigenvalue weighted by Crippen LogP contribution is 2.43. The summed E-state index contributed by atoms with van der Waals surface area (Å²) < 4.78 is 19.2. The van der Waals surface area contributed by atoms with Crippen LogP contribution in [0.5, 0.6) is 0 Å². The SMILES string of the molecule is CCCOC1(C(C)N)CCCC[Si]1(OCCC)OCCC. The van der Waals surface area contributed by atoms with Gasteiger partial charge in [-0.25, -0.2) is 0 Å². The van der Waals surface area contributed by atoms with Crippen LogP contribution in [-0.4, -0.2) is 39.6 Å². The molecule has 0 bridgehead atoms. The molecule has 0 saturated carbocycles. The molecule has 1 heterocycles. The highest BCUT2D eigenvalue weighted by atomic mass is 28.4. The van der Waals surface area contributed by atoms with Gasteiger partial charge in [0.25, 0.3) is 0 Å². The minimum absolute atomic E-state index is 0.0512. The minimum atomic E-state index is -2.45. The molecule has 2 unspecified atom stereocenters. The van der Waals surface area contributed by atoms with E-state index in [0.717, 1.165) is 58.0 Å². The van der Waals surface area contributed by atoms with Crippen LogP contribution in [-0.2, 0) is 13.6 Å². The molecule has 5 heteroatoms. The minimum Gasteiger partial charge on any atom is -0.393 e. The second-order valence-electron chi connectivity index (χ2n) is 6.18. The molecule has 4 nitrogen and oxygen atoms in total. The van der Waals surface area contributed by atoms with Crippen LogP contribution in [0.25, 0.3) is 0 Å². The molecule has 0 spiro atoms. The molecule has 1 saturated heterocycles. The predicted molar refractivity (Wildman–Crippen MR) is 89.5 cm³/mol. The molecule has 21 heavy (non-hydrogen) atoms. The van der Waals surface area contributed by atoms with Crippen LogP contribution >= 0.6 is 0 Å². The average molecular weight is 318 g/mol. The number of rotatable bonds is 10. The lowest BCUT2D eigenvalue weighted by atomic mass is 10.0. The van der Waals surface area contributed by atoms with Gasteiger partial charge >= 0.3 is 8.56 Å². The first-order valence-corrected chi connectivity index (χ1v) is 10.8. The average Bonchev–Trinajstić information content (AvgIpc) is 2.49. The second kappa shape index (κ2) is 9.25. The molecule has 1 fully saturated rings. The van der Waals surface area contributed by atoms with Crippen molar-refractivity contribution in [2.45, 2.75) is 83.5 Å². The van der Waals surface area contributed by atoms with Crippen LogP contribution in [0, 0.1) is 0 Å². The third-order valence-electron chi connectivity index (χ3n) is 4.33. The van der Waals surface area contributed by atoms with E-state index < -0.39 is 8.56 Å². The first-order chi connectivity index (χ1) is 10.1. The maximum absolute atomic E-state index is 6.41. The summed E-state index contributed by atoms with van der Waals surface area (Å²) in [5, 5.41) is -0.383. The highest BCUT2D eigenvalue weighted by Gasteiger charge is 2.62. The Morgan fingerprint density at radius 2 is 1.57 bits per heavy atom. The number of hydrogen-bond acceptors (Lipinski definition) is 4. The Balaban J connectivity index is 3.08. The van der Waals surface area contributed by atoms with E-state index in [9.17, 15) is 0 Å². The summed E-state index contributed by atoms with van der Waals surface area (Å²) in [6.07, 6.45) is 6.32. The van der Waals surface area contributed by atoms with E-state index in [1.807, 2.05) is 0 Å². The first kappa shape index (κ1) is 19.1. The van der Waals surface area contributed by atoms with E-state index in [1.165, 1.54) is 6.42 Å². The summed E-state index contributed by atoms with van der Waals surface area (Å²) in [5.74, 6) is 0. The smallest absolute Gasteiger partial charge is 0.372 e. The first-order valence-electron chi connectivity index (χ1n) is 8.76. The lowest BCUT2D eigenvalue weighted by Gasteiger charge is -2.51. The molecule has 0 aromatic heterocycles. The third kappa shape index (κ3) is 4.29. The largest absolute Gasteiger partial charge is 0.393 e.